The van der Waals surface area contributed by atoms with Crippen molar-refractivity contribution in [1.82, 2.24) is 9.29 Å². The molecule has 3 heterocycles. The molecule has 8 aromatic rings. The zero-order valence-electron chi connectivity index (χ0n) is 85.8. The van der Waals surface area contributed by atoms with Crippen LogP contribution in [0.2, 0.25) is 5.02 Å². The van der Waals surface area contributed by atoms with Gasteiger partial charge in [-0.3, -0.25) is 9.71 Å². The van der Waals surface area contributed by atoms with E-state index in [9.17, 15) is 109 Å². The van der Waals surface area contributed by atoms with Gasteiger partial charge in [0.1, 0.15) is 0 Å². The number of benzene rings is 7. The van der Waals surface area contributed by atoms with Gasteiger partial charge in [0.15, 0.2) is 133 Å². The van der Waals surface area contributed by atoms with Crippen molar-refractivity contribution in [3.63, 3.8) is 0 Å². The van der Waals surface area contributed by atoms with Gasteiger partial charge in [-0.15, -0.1) is 0 Å². The quantitative estimate of drug-likeness (QED) is 0.0269. The molecule has 43 heteroatoms. The molecular formula is C104H138ClF3N10O22S7. The summed E-state index contributed by atoms with van der Waals surface area (Å²) in [5.74, 6) is 0. The van der Waals surface area contributed by atoms with E-state index in [1.54, 1.807) is 174 Å². The molecule has 0 bridgehead atoms. The number of hydrogen-bond acceptors (Lipinski definition) is 23. The van der Waals surface area contributed by atoms with Crippen LogP contribution in [-0.2, 0) is 80.1 Å². The van der Waals surface area contributed by atoms with Gasteiger partial charge in [-0.1, -0.05) is 37.3 Å². The normalized spacial score (nSPS) is 17.3. The molecule has 4 saturated carbocycles. The van der Waals surface area contributed by atoms with E-state index in [0.29, 0.717) is 130 Å². The van der Waals surface area contributed by atoms with Gasteiger partial charge in [-0.05, 0) is 254 Å². The molecule has 2 aliphatic heterocycles. The zero-order valence-corrected chi connectivity index (χ0v) is 92.3. The minimum atomic E-state index is -4.74. The van der Waals surface area contributed by atoms with Crippen molar-refractivity contribution in [3.8, 4) is 0 Å². The number of rotatable bonds is 23. The van der Waals surface area contributed by atoms with Crippen LogP contribution in [0.25, 0.3) is 0 Å². The molecule has 2 saturated heterocycles. The molecule has 6 fully saturated rings. The summed E-state index contributed by atoms with van der Waals surface area (Å²) in [7, 11) is -23.8. The second-order valence-electron chi connectivity index (χ2n) is 40.8. The number of sulfonamides is 2. The van der Waals surface area contributed by atoms with Crippen molar-refractivity contribution in [3.05, 3.63) is 268 Å². The van der Waals surface area contributed by atoms with Crippen LogP contribution in [-0.4, -0.2) is 240 Å². The Kier molecular flexibility index (Phi) is 43.2. The third kappa shape index (κ3) is 37.5. The lowest BCUT2D eigenvalue weighted by Crippen LogP contribution is -2.35. The number of sulfone groups is 5. The molecule has 0 radical (unpaired) electrons. The number of aromatic nitrogens is 1. The van der Waals surface area contributed by atoms with Crippen molar-refractivity contribution in [2.45, 2.75) is 309 Å². The fourth-order valence-electron chi connectivity index (χ4n) is 15.2. The first-order valence-corrected chi connectivity index (χ1v) is 60.3. The topological polar surface area (TPSA) is 459 Å². The fourth-order valence-corrected chi connectivity index (χ4v) is 24.6. The Balaban J connectivity index is 0.000000210. The van der Waals surface area contributed by atoms with Crippen LogP contribution >= 0.6 is 11.6 Å². The molecule has 147 heavy (non-hydrogen) atoms. The Morgan fingerprint density at radius 3 is 1.10 bits per heavy atom. The highest BCUT2D eigenvalue weighted by Gasteiger charge is 2.40. The first-order chi connectivity index (χ1) is 68.3. The molecule has 0 unspecified atom stereocenters. The summed E-state index contributed by atoms with van der Waals surface area (Å²) >= 11 is 5.88. The van der Waals surface area contributed by atoms with Gasteiger partial charge in [0.25, 0.3) is 10.0 Å². The van der Waals surface area contributed by atoms with Crippen molar-refractivity contribution in [1.29, 1.82) is 0 Å². The summed E-state index contributed by atoms with van der Waals surface area (Å²) in [5.41, 5.74) is 0.940. The molecule has 4 aliphatic carbocycles. The zero-order chi connectivity index (χ0) is 109. The second kappa shape index (κ2) is 52.2. The average molecular weight is 2200 g/mol. The standard InChI is InChI=1S/C19H24F3NO3S.C17H23NO4S.C16H19N3O3S.C16H24N2O3S.C14H19NO3S.C12H17NO3S.C10H12ClNO3S/c20-19(21,22)18-12-17(27(25,26)16-8-2-1-3-9-16)11-10-14(18)13-23(24)15-6-4-5-7-15;19-18(15-3-1-2-4-15)13-14-5-7-16(8-6-14)23(20,21)17-9-11-22-12-10-17;1-16(2,3)19(20)12-13-6-8-15(9-7-13)23(21,22)18-14-5-4-10-17-11-14;1-16(2,3)18(19)13-14-7-9-15(10-8-14)22(20,21)17-11-5-4-6-12-17;1-14(2,3)15(16)10-11-4-6-12(7-5-11)19(17,18)13-8-9-13;1-12(2,3)13(14)9-10-5-7-11(8-6-10)17(4,15)16;1-3-12(13)7-8-4-5-9(6-10(8)11)16(2,14)15/h10-13,15-16H,1-9H2;5-8,13,15,17H,1-4,9-12H2;4-12,18H,1-3H3;7-10,13H,4-6,11-12H2,1-3H3;4-7,10,13H,8-9H2,1-3H3;5-9H,1-4H3;4-7H,3H2,1-2H3/b23-13-;18-13-;19-12-;18-13-;15-10-;13-9-;12-7-. The van der Waals surface area contributed by atoms with Crippen LogP contribution in [0.15, 0.2) is 217 Å². The monoisotopic (exact) mass is 2190 g/mol. The minimum absolute atomic E-state index is 0.0700. The number of ether oxygens (including phenoxy) is 1. The van der Waals surface area contributed by atoms with Crippen molar-refractivity contribution < 1.29 is 110 Å². The first-order valence-electron chi connectivity index (χ1n) is 48.6. The van der Waals surface area contributed by atoms with E-state index in [0.717, 1.165) is 149 Å². The molecule has 0 spiro atoms. The minimum Gasteiger partial charge on any atom is -0.624 e. The van der Waals surface area contributed by atoms with Crippen molar-refractivity contribution in [2.24, 2.45) is 0 Å². The van der Waals surface area contributed by atoms with E-state index >= 15 is 0 Å². The van der Waals surface area contributed by atoms with E-state index in [4.69, 9.17) is 16.3 Å². The van der Waals surface area contributed by atoms with Gasteiger partial charge in [0.05, 0.1) is 83.6 Å². The van der Waals surface area contributed by atoms with E-state index < -0.39 is 108 Å². The predicted octanol–water partition coefficient (Wildman–Crippen LogP) is 18.3. The van der Waals surface area contributed by atoms with Crippen molar-refractivity contribution in [2.75, 3.05) is 50.1 Å². The van der Waals surface area contributed by atoms with Gasteiger partial charge >= 0.3 is 6.18 Å². The molecule has 0 atom stereocenters. The summed E-state index contributed by atoms with van der Waals surface area (Å²) < 4.78 is 225. The largest absolute Gasteiger partial charge is 0.624 e. The number of alkyl halides is 3. The van der Waals surface area contributed by atoms with Crippen LogP contribution in [0.1, 0.15) is 263 Å². The van der Waals surface area contributed by atoms with Crippen LogP contribution in [0.5, 0.6) is 0 Å². The maximum Gasteiger partial charge on any atom is 0.417 e. The molecule has 1 N–H and O–H groups in total. The molecule has 806 valence electrons. The lowest BCUT2D eigenvalue weighted by molar-refractivity contribution is -0.530. The number of anilines is 1. The predicted molar refractivity (Wildman–Crippen MR) is 570 cm³/mol. The van der Waals surface area contributed by atoms with Crippen LogP contribution in [0.4, 0.5) is 18.9 Å². The number of nitrogens with one attached hydrogen (secondary N) is 1. The molecule has 7 aromatic carbocycles. The Morgan fingerprint density at radius 2 is 0.728 bits per heavy atom. The summed E-state index contributed by atoms with van der Waals surface area (Å²) in [6.45, 7) is 26.0. The van der Waals surface area contributed by atoms with E-state index in [2.05, 4.69) is 9.71 Å². The number of nitrogens with zero attached hydrogens (tertiary/aromatic N) is 9. The van der Waals surface area contributed by atoms with Gasteiger partial charge < -0.3 is 41.2 Å². The van der Waals surface area contributed by atoms with Crippen LogP contribution in [0.3, 0.4) is 0 Å². The summed E-state index contributed by atoms with van der Waals surface area (Å²) in [6, 6.07) is 42.3. The van der Waals surface area contributed by atoms with Gasteiger partial charge in [0.2, 0.25) is 10.0 Å². The lowest BCUT2D eigenvalue weighted by Gasteiger charge is -2.25. The Labute approximate surface area is 870 Å². The maximum absolute atomic E-state index is 13.6. The second-order valence-corrected chi connectivity index (χ2v) is 55.5. The molecule has 0 amide bonds. The van der Waals surface area contributed by atoms with Gasteiger partial charge in [0, 0.05) is 182 Å². The van der Waals surface area contributed by atoms with Crippen LogP contribution < -0.4 is 4.72 Å². The highest BCUT2D eigenvalue weighted by Crippen LogP contribution is 2.38. The van der Waals surface area contributed by atoms with Crippen LogP contribution in [0, 0.1) is 36.5 Å². The van der Waals surface area contributed by atoms with E-state index in [1.807, 2.05) is 41.5 Å². The molecular weight excluding hydrogens is 2060 g/mol. The SMILES string of the molecule is CC(C)(C)/[N+]([O-])=C/c1ccc(S(=O)(=O)C2CC2)cc1.CC(C)(C)/[N+]([O-])=C/c1ccc(S(=O)(=O)N2CCCCC2)cc1.CC(C)(C)/[N+]([O-])=C/c1ccc(S(=O)(=O)Nc2cccnc2)cc1.CC(C)(C)/[N+]([O-])=C/c1ccc(S(C)(=O)=O)cc1.CC/[N+]([O-])=C/c1ccc(S(C)(=O)=O)cc1Cl.O=S(=O)(c1ccc(/C=[N+](\[O-])C2CCCC2)c(C(F)(F)F)c1)C1CCCCC1.O=S(=O)(c1ccc(/C=[N+](\[O-])C2CCCC2)cc1)C1CCOCC1. The smallest absolute Gasteiger partial charge is 0.417 e. The Bertz CT molecular complexity index is 6850. The van der Waals surface area contributed by atoms with Gasteiger partial charge in [-0.25, -0.2) is 92.1 Å². The molecule has 6 aliphatic rings. The van der Waals surface area contributed by atoms with E-state index in [-0.39, 0.29) is 52.8 Å². The molecule has 32 nitrogen and oxygen atoms in total. The summed E-state index contributed by atoms with van der Waals surface area (Å²) in [6.07, 6.45) is 26.4. The summed E-state index contributed by atoms with van der Waals surface area (Å²) in [4.78, 5) is 5.04. The van der Waals surface area contributed by atoms with E-state index in [1.165, 1.54) is 85.8 Å². The first kappa shape index (κ1) is 122. The molecule has 1 aromatic heterocycles. The lowest BCUT2D eigenvalue weighted by atomic mass is 10.0. The fraction of sp³-hybridized carbons (Fsp3) is 0.481. The maximum atomic E-state index is 13.6. The third-order valence-corrected chi connectivity index (χ3v) is 37.2. The average Bonchev–Trinajstić information content (AvgIpc) is 1.37. The number of pyridine rings is 1. The number of hydroxylamine groups is 7. The number of piperidine rings is 1. The molecule has 14 rings (SSSR count). The third-order valence-electron chi connectivity index (χ3n) is 24.5. The highest BCUT2D eigenvalue weighted by molar-refractivity contribution is 7.93. The highest BCUT2D eigenvalue weighted by atomic mass is 35.5. The Hall–Kier alpha value is -10.6. The summed E-state index contributed by atoms with van der Waals surface area (Å²) in [5, 5.41) is 81.6. The number of hydrogen-bond donors (Lipinski definition) is 1. The Morgan fingerprint density at radius 1 is 0.388 bits per heavy atom. The van der Waals surface area contributed by atoms with Gasteiger partial charge in [-0.2, -0.15) is 17.5 Å². The number of halogens is 4. The van der Waals surface area contributed by atoms with Crippen molar-refractivity contribution >= 4 is 130 Å².